The van der Waals surface area contributed by atoms with E-state index < -0.39 is 41.4 Å². The van der Waals surface area contributed by atoms with Crippen LogP contribution in [0.3, 0.4) is 0 Å². The van der Waals surface area contributed by atoms with Crippen LogP contribution in [0.4, 0.5) is 22.0 Å². The molecule has 0 spiro atoms. The van der Waals surface area contributed by atoms with Crippen LogP contribution in [-0.4, -0.2) is 47.1 Å². The first kappa shape index (κ1) is 31.2. The van der Waals surface area contributed by atoms with E-state index in [-0.39, 0.29) is 24.5 Å². The zero-order chi connectivity index (χ0) is 31.5. The van der Waals surface area contributed by atoms with Crippen LogP contribution in [0.25, 0.3) is 0 Å². The van der Waals surface area contributed by atoms with E-state index in [9.17, 15) is 23.1 Å². The van der Waals surface area contributed by atoms with Gasteiger partial charge < -0.3 is 10.0 Å². The standard InChI is InChI=1S/C36H40F5NO2/c1-33-21-30(25-10-8-24(9-11-25)22-42(2)19-17-23-6-4-3-5-7-23)32-28-15-13-27(43)20-26(28)12-14-29(32)31(33)16-18-34(33,44)35(37,38)36(39,40)41/h3-11,20,29-31,44H,12-19,21-22H2,1-2H3/t29-,30+,31-,33-,34-/m0/s1. The van der Waals surface area contributed by atoms with Gasteiger partial charge in [0.25, 0.3) is 0 Å². The molecule has 1 N–H and O–H groups in total. The molecular formula is C36H40F5NO2. The Bertz CT molecular complexity index is 1460. The zero-order valence-corrected chi connectivity index (χ0v) is 25.3. The third-order valence-electron chi connectivity index (χ3n) is 11.2. The number of alkyl halides is 5. The summed E-state index contributed by atoms with van der Waals surface area (Å²) >= 11 is 0. The molecule has 0 radical (unpaired) electrons. The van der Waals surface area contributed by atoms with E-state index in [4.69, 9.17) is 0 Å². The van der Waals surface area contributed by atoms with Gasteiger partial charge in [0.05, 0.1) is 0 Å². The van der Waals surface area contributed by atoms with Crippen LogP contribution in [-0.2, 0) is 17.8 Å². The minimum atomic E-state index is -5.85. The molecule has 4 aliphatic carbocycles. The fourth-order valence-corrected chi connectivity index (χ4v) is 8.93. The zero-order valence-electron chi connectivity index (χ0n) is 25.3. The monoisotopic (exact) mass is 613 g/mol. The van der Waals surface area contributed by atoms with Crippen molar-refractivity contribution in [3.63, 3.8) is 0 Å². The van der Waals surface area contributed by atoms with Crippen molar-refractivity contribution in [2.75, 3.05) is 13.6 Å². The smallest absolute Gasteiger partial charge is 0.383 e. The van der Waals surface area contributed by atoms with Crippen molar-refractivity contribution in [1.29, 1.82) is 0 Å². The molecular weight excluding hydrogens is 573 g/mol. The quantitative estimate of drug-likeness (QED) is 0.320. The Morgan fingerprint density at radius 1 is 0.932 bits per heavy atom. The van der Waals surface area contributed by atoms with Gasteiger partial charge in [-0.1, -0.05) is 67.1 Å². The number of hydrogen-bond acceptors (Lipinski definition) is 3. The average molecular weight is 614 g/mol. The van der Waals surface area contributed by atoms with Crippen LogP contribution in [0.1, 0.15) is 74.5 Å². The number of carbonyl (C=O) groups is 1. The molecule has 0 saturated heterocycles. The maximum Gasteiger partial charge on any atom is 0.456 e. The Hall–Kier alpha value is -2.84. The largest absolute Gasteiger partial charge is 0.456 e. The van der Waals surface area contributed by atoms with Crippen molar-refractivity contribution < 1.29 is 31.9 Å². The van der Waals surface area contributed by atoms with Gasteiger partial charge in [0.2, 0.25) is 0 Å². The lowest BCUT2D eigenvalue weighted by atomic mass is 9.50. The fraction of sp³-hybridized carbons (Fsp3) is 0.528. The summed E-state index contributed by atoms with van der Waals surface area (Å²) in [7, 11) is 2.05. The molecule has 0 heterocycles. The van der Waals surface area contributed by atoms with Crippen LogP contribution < -0.4 is 0 Å². The molecule has 0 bridgehead atoms. The lowest BCUT2D eigenvalue weighted by molar-refractivity contribution is -0.362. The molecule has 3 nitrogen and oxygen atoms in total. The molecule has 0 aromatic heterocycles. The Balaban J connectivity index is 1.33. The second-order valence-electron chi connectivity index (χ2n) is 13.7. The highest BCUT2D eigenvalue weighted by Gasteiger charge is 2.79. The predicted molar refractivity (Wildman–Crippen MR) is 159 cm³/mol. The lowest BCUT2D eigenvalue weighted by Gasteiger charge is -2.56. The van der Waals surface area contributed by atoms with Gasteiger partial charge >= 0.3 is 12.1 Å². The topological polar surface area (TPSA) is 40.5 Å². The lowest BCUT2D eigenvalue weighted by Crippen LogP contribution is -2.65. The van der Waals surface area contributed by atoms with Crippen LogP contribution in [0.15, 0.2) is 77.4 Å². The van der Waals surface area contributed by atoms with Gasteiger partial charge in [-0.3, -0.25) is 4.79 Å². The molecule has 4 aliphatic rings. The van der Waals surface area contributed by atoms with E-state index in [1.165, 1.54) is 12.5 Å². The van der Waals surface area contributed by atoms with E-state index in [0.29, 0.717) is 32.2 Å². The number of allylic oxidation sites excluding steroid dienone is 4. The normalized spacial score (nSPS) is 30.6. The summed E-state index contributed by atoms with van der Waals surface area (Å²) in [6.45, 7) is 3.04. The van der Waals surface area contributed by atoms with Crippen LogP contribution >= 0.6 is 0 Å². The van der Waals surface area contributed by atoms with Gasteiger partial charge in [-0.15, -0.1) is 0 Å². The van der Waals surface area contributed by atoms with Gasteiger partial charge in [0.15, 0.2) is 5.78 Å². The summed E-state index contributed by atoms with van der Waals surface area (Å²) in [6.07, 6.45) is -1.63. The summed E-state index contributed by atoms with van der Waals surface area (Å²) < 4.78 is 71.8. The van der Waals surface area contributed by atoms with E-state index in [1.54, 1.807) is 6.08 Å². The second kappa shape index (κ2) is 11.2. The minimum absolute atomic E-state index is 0.00722. The van der Waals surface area contributed by atoms with E-state index in [1.807, 2.05) is 42.5 Å². The molecule has 2 aromatic rings. The molecule has 8 heteroatoms. The van der Waals surface area contributed by atoms with Crippen molar-refractivity contribution >= 4 is 5.78 Å². The third-order valence-corrected chi connectivity index (χ3v) is 11.2. The number of carbonyl (C=O) groups excluding carboxylic acids is 1. The fourth-order valence-electron chi connectivity index (χ4n) is 8.93. The van der Waals surface area contributed by atoms with E-state index in [2.05, 4.69) is 24.1 Å². The third kappa shape index (κ3) is 5.06. The predicted octanol–water partition coefficient (Wildman–Crippen LogP) is 8.19. The van der Waals surface area contributed by atoms with Gasteiger partial charge in [0, 0.05) is 30.8 Å². The van der Waals surface area contributed by atoms with Crippen molar-refractivity contribution in [3.8, 4) is 0 Å². The molecule has 0 aliphatic heterocycles. The summed E-state index contributed by atoms with van der Waals surface area (Å²) in [5.41, 5.74) is 1.50. The molecule has 236 valence electrons. The Labute approximate surface area is 255 Å². The highest BCUT2D eigenvalue weighted by atomic mass is 19.4. The maximum absolute atomic E-state index is 15.2. The first-order valence-corrected chi connectivity index (χ1v) is 15.7. The van der Waals surface area contributed by atoms with Crippen LogP contribution in [0.5, 0.6) is 0 Å². The van der Waals surface area contributed by atoms with Gasteiger partial charge in [0.1, 0.15) is 5.60 Å². The molecule has 0 amide bonds. The van der Waals surface area contributed by atoms with Crippen molar-refractivity contribution in [3.05, 3.63) is 94.1 Å². The molecule has 2 aromatic carbocycles. The molecule has 5 atom stereocenters. The summed E-state index contributed by atoms with van der Waals surface area (Å²) in [6, 6.07) is 18.2. The highest BCUT2D eigenvalue weighted by Crippen LogP contribution is 2.70. The number of ketones is 1. The molecule has 0 unspecified atom stereocenters. The Morgan fingerprint density at radius 2 is 1.64 bits per heavy atom. The van der Waals surface area contributed by atoms with E-state index in [0.717, 1.165) is 40.8 Å². The van der Waals surface area contributed by atoms with Gasteiger partial charge in [-0.05, 0) is 97.7 Å². The summed E-state index contributed by atoms with van der Waals surface area (Å²) in [4.78, 5) is 14.5. The van der Waals surface area contributed by atoms with Gasteiger partial charge in [-0.25, -0.2) is 0 Å². The molecule has 2 saturated carbocycles. The second-order valence-corrected chi connectivity index (χ2v) is 13.7. The number of rotatable bonds is 7. The number of aliphatic hydroxyl groups is 1. The first-order valence-electron chi connectivity index (χ1n) is 15.7. The Kier molecular flexibility index (Phi) is 7.93. The van der Waals surface area contributed by atoms with Crippen molar-refractivity contribution in [2.45, 2.75) is 88.5 Å². The van der Waals surface area contributed by atoms with Crippen molar-refractivity contribution in [1.82, 2.24) is 4.90 Å². The molecule has 2 fully saturated rings. The summed E-state index contributed by atoms with van der Waals surface area (Å²) in [5.74, 6) is -6.31. The maximum atomic E-state index is 15.2. The van der Waals surface area contributed by atoms with Crippen LogP contribution in [0.2, 0.25) is 0 Å². The van der Waals surface area contributed by atoms with Crippen molar-refractivity contribution in [2.24, 2.45) is 17.3 Å². The average Bonchev–Trinajstić information content (AvgIpc) is 3.27. The molecule has 6 rings (SSSR count). The number of halogens is 5. The molecule has 44 heavy (non-hydrogen) atoms. The Morgan fingerprint density at radius 3 is 2.32 bits per heavy atom. The number of nitrogens with zero attached hydrogens (tertiary/aromatic N) is 1. The summed E-state index contributed by atoms with van der Waals surface area (Å²) in [5, 5.41) is 11.5. The SMILES string of the molecule is CN(CCc1ccccc1)Cc1ccc([C@H]2C[C@@]3(C)[C@@H](CC[C@@]3(O)C(F)(F)C(F)(F)F)[C@@H]3CCC4=CC(=O)CCC4=C32)cc1. The number of likely N-dealkylation sites (N-methyl/N-ethyl adjacent to an activating group) is 1. The number of hydrogen-bond donors (Lipinski definition) is 1. The number of benzene rings is 2. The minimum Gasteiger partial charge on any atom is -0.383 e. The van der Waals surface area contributed by atoms with Crippen LogP contribution in [0, 0.1) is 17.3 Å². The van der Waals surface area contributed by atoms with Gasteiger partial charge in [-0.2, -0.15) is 22.0 Å². The highest BCUT2D eigenvalue weighted by molar-refractivity contribution is 5.93. The first-order chi connectivity index (χ1) is 20.7. The number of fused-ring (bicyclic) bond motifs is 4. The van der Waals surface area contributed by atoms with E-state index >= 15 is 8.78 Å².